The maximum Gasteiger partial charge on any atom is 0.180 e. The SMILES string of the molecule is COCC(CO)O[C@@H](CO)OC. The van der Waals surface area contributed by atoms with Crippen LogP contribution in [0.2, 0.25) is 0 Å². The van der Waals surface area contributed by atoms with Crippen molar-refractivity contribution in [1.82, 2.24) is 0 Å². The average molecular weight is 180 g/mol. The summed E-state index contributed by atoms with van der Waals surface area (Å²) in [6.07, 6.45) is -1.15. The third-order valence-corrected chi connectivity index (χ3v) is 1.31. The summed E-state index contributed by atoms with van der Waals surface area (Å²) in [5.74, 6) is 0. The summed E-state index contributed by atoms with van der Waals surface area (Å²) >= 11 is 0. The standard InChI is InChI=1S/C7H16O5/c1-10-5-6(3-8)12-7(4-9)11-2/h6-9H,3-5H2,1-2H3/t6?,7-/m0/s1. The molecule has 0 spiro atoms. The predicted octanol–water partition coefficient (Wildman–Crippen LogP) is -1.02. The van der Waals surface area contributed by atoms with Crippen molar-refractivity contribution in [2.45, 2.75) is 12.4 Å². The number of methoxy groups -OCH3 is 2. The minimum absolute atomic E-state index is 0.159. The van der Waals surface area contributed by atoms with E-state index in [1.165, 1.54) is 14.2 Å². The number of ether oxygens (including phenoxy) is 3. The van der Waals surface area contributed by atoms with Gasteiger partial charge in [0.15, 0.2) is 6.29 Å². The highest BCUT2D eigenvalue weighted by molar-refractivity contribution is 4.54. The molecule has 0 aliphatic carbocycles. The first-order chi connectivity index (χ1) is 5.78. The lowest BCUT2D eigenvalue weighted by molar-refractivity contribution is -0.190. The fourth-order valence-corrected chi connectivity index (χ4v) is 0.709. The van der Waals surface area contributed by atoms with Gasteiger partial charge >= 0.3 is 0 Å². The van der Waals surface area contributed by atoms with Crippen molar-refractivity contribution in [3.05, 3.63) is 0 Å². The van der Waals surface area contributed by atoms with Gasteiger partial charge in [0.05, 0.1) is 19.8 Å². The quantitative estimate of drug-likeness (QED) is 0.491. The molecule has 0 aliphatic rings. The Kier molecular flexibility index (Phi) is 7.33. The molecule has 0 saturated carbocycles. The summed E-state index contributed by atoms with van der Waals surface area (Å²) in [6, 6.07) is 0. The zero-order valence-electron chi connectivity index (χ0n) is 7.40. The number of rotatable bonds is 7. The first kappa shape index (κ1) is 11.8. The molecule has 0 fully saturated rings. The highest BCUT2D eigenvalue weighted by Gasteiger charge is 2.14. The number of hydrogen-bond donors (Lipinski definition) is 2. The number of aliphatic hydroxyl groups excluding tert-OH is 2. The molecular weight excluding hydrogens is 164 g/mol. The van der Waals surface area contributed by atoms with Crippen molar-refractivity contribution < 1.29 is 24.4 Å². The third kappa shape index (κ3) is 4.63. The van der Waals surface area contributed by atoms with E-state index in [1.807, 2.05) is 0 Å². The van der Waals surface area contributed by atoms with E-state index < -0.39 is 12.4 Å². The van der Waals surface area contributed by atoms with Crippen molar-refractivity contribution in [2.75, 3.05) is 34.0 Å². The Labute approximate surface area is 71.9 Å². The van der Waals surface area contributed by atoms with Gasteiger partial charge < -0.3 is 24.4 Å². The minimum atomic E-state index is -0.697. The fraction of sp³-hybridized carbons (Fsp3) is 1.00. The Morgan fingerprint density at radius 2 is 1.83 bits per heavy atom. The lowest BCUT2D eigenvalue weighted by Gasteiger charge is -2.20. The predicted molar refractivity (Wildman–Crippen MR) is 41.7 cm³/mol. The molecule has 0 saturated heterocycles. The summed E-state index contributed by atoms with van der Waals surface area (Å²) in [5.41, 5.74) is 0. The highest BCUT2D eigenvalue weighted by Crippen LogP contribution is 1.99. The molecule has 12 heavy (non-hydrogen) atoms. The van der Waals surface area contributed by atoms with Crippen LogP contribution in [0.5, 0.6) is 0 Å². The maximum absolute atomic E-state index is 8.75. The molecule has 0 aromatic heterocycles. The van der Waals surface area contributed by atoms with E-state index in [-0.39, 0.29) is 19.8 Å². The van der Waals surface area contributed by atoms with Crippen molar-refractivity contribution in [2.24, 2.45) is 0 Å². The molecule has 5 heteroatoms. The van der Waals surface area contributed by atoms with Crippen LogP contribution < -0.4 is 0 Å². The van der Waals surface area contributed by atoms with E-state index in [9.17, 15) is 0 Å². The molecule has 0 radical (unpaired) electrons. The molecule has 2 N–H and O–H groups in total. The Morgan fingerprint density at radius 1 is 1.17 bits per heavy atom. The van der Waals surface area contributed by atoms with Gasteiger partial charge in [-0.25, -0.2) is 0 Å². The Morgan fingerprint density at radius 3 is 2.17 bits per heavy atom. The van der Waals surface area contributed by atoms with Gasteiger partial charge in [-0.05, 0) is 0 Å². The summed E-state index contributed by atoms with van der Waals surface area (Å²) in [7, 11) is 2.93. The molecule has 2 atom stereocenters. The molecule has 0 aliphatic heterocycles. The monoisotopic (exact) mass is 180 g/mol. The van der Waals surface area contributed by atoms with Gasteiger partial charge in [0.2, 0.25) is 0 Å². The van der Waals surface area contributed by atoms with E-state index >= 15 is 0 Å². The van der Waals surface area contributed by atoms with Crippen LogP contribution in [0.1, 0.15) is 0 Å². The van der Waals surface area contributed by atoms with E-state index in [4.69, 9.17) is 24.4 Å². The summed E-state index contributed by atoms with van der Waals surface area (Å²) in [5, 5.41) is 17.4. The second-order valence-corrected chi connectivity index (χ2v) is 2.24. The van der Waals surface area contributed by atoms with Gasteiger partial charge in [-0.15, -0.1) is 0 Å². The van der Waals surface area contributed by atoms with Crippen molar-refractivity contribution in [3.8, 4) is 0 Å². The van der Waals surface area contributed by atoms with Crippen LogP contribution in [-0.4, -0.2) is 56.6 Å². The van der Waals surface area contributed by atoms with Crippen LogP contribution >= 0.6 is 0 Å². The average Bonchev–Trinajstić information content (AvgIpc) is 2.12. The highest BCUT2D eigenvalue weighted by atomic mass is 16.7. The first-order valence-corrected chi connectivity index (χ1v) is 3.67. The van der Waals surface area contributed by atoms with Crippen LogP contribution in [0.15, 0.2) is 0 Å². The topological polar surface area (TPSA) is 68.2 Å². The van der Waals surface area contributed by atoms with Gasteiger partial charge in [0.25, 0.3) is 0 Å². The molecule has 0 aromatic rings. The third-order valence-electron chi connectivity index (χ3n) is 1.31. The Balaban J connectivity index is 3.65. The summed E-state index contributed by atoms with van der Waals surface area (Å²) in [4.78, 5) is 0. The fourth-order valence-electron chi connectivity index (χ4n) is 0.709. The van der Waals surface area contributed by atoms with E-state index in [2.05, 4.69) is 0 Å². The molecule has 0 aromatic carbocycles. The van der Waals surface area contributed by atoms with Gasteiger partial charge in [0, 0.05) is 14.2 Å². The number of hydrogen-bond acceptors (Lipinski definition) is 5. The molecule has 5 nitrogen and oxygen atoms in total. The van der Waals surface area contributed by atoms with Crippen LogP contribution in [0.4, 0.5) is 0 Å². The molecule has 0 bridgehead atoms. The normalized spacial score (nSPS) is 16.0. The van der Waals surface area contributed by atoms with Crippen molar-refractivity contribution in [3.63, 3.8) is 0 Å². The van der Waals surface area contributed by atoms with Crippen molar-refractivity contribution >= 4 is 0 Å². The van der Waals surface area contributed by atoms with E-state index in [0.717, 1.165) is 0 Å². The van der Waals surface area contributed by atoms with E-state index in [1.54, 1.807) is 0 Å². The van der Waals surface area contributed by atoms with Crippen LogP contribution in [0.3, 0.4) is 0 Å². The molecule has 0 amide bonds. The lowest BCUT2D eigenvalue weighted by atomic mass is 10.4. The van der Waals surface area contributed by atoms with Gasteiger partial charge in [-0.2, -0.15) is 0 Å². The first-order valence-electron chi connectivity index (χ1n) is 3.67. The maximum atomic E-state index is 8.75. The van der Waals surface area contributed by atoms with E-state index in [0.29, 0.717) is 0 Å². The van der Waals surface area contributed by atoms with Crippen molar-refractivity contribution in [1.29, 1.82) is 0 Å². The minimum Gasteiger partial charge on any atom is -0.394 e. The summed E-state index contributed by atoms with van der Waals surface area (Å²) in [6.45, 7) is -0.124. The van der Waals surface area contributed by atoms with Gasteiger partial charge in [0.1, 0.15) is 6.10 Å². The Bertz CT molecular complexity index is 93.8. The number of aliphatic hydroxyl groups is 2. The van der Waals surface area contributed by atoms with Gasteiger partial charge in [-0.1, -0.05) is 0 Å². The second kappa shape index (κ2) is 7.45. The molecule has 74 valence electrons. The lowest BCUT2D eigenvalue weighted by Crippen LogP contribution is -2.32. The molecular formula is C7H16O5. The summed E-state index contributed by atoms with van der Waals surface area (Å²) < 4.78 is 14.6. The molecule has 0 rings (SSSR count). The zero-order chi connectivity index (χ0) is 9.40. The molecule has 0 heterocycles. The molecule has 1 unspecified atom stereocenters. The Hall–Kier alpha value is -0.200. The van der Waals surface area contributed by atoms with Crippen LogP contribution in [0, 0.1) is 0 Å². The smallest absolute Gasteiger partial charge is 0.180 e. The second-order valence-electron chi connectivity index (χ2n) is 2.24. The zero-order valence-corrected chi connectivity index (χ0v) is 7.40. The van der Waals surface area contributed by atoms with Crippen LogP contribution in [-0.2, 0) is 14.2 Å². The largest absolute Gasteiger partial charge is 0.394 e. The van der Waals surface area contributed by atoms with Crippen LogP contribution in [0.25, 0.3) is 0 Å². The van der Waals surface area contributed by atoms with Gasteiger partial charge in [-0.3, -0.25) is 0 Å².